The second-order valence-electron chi connectivity index (χ2n) is 3.51. The zero-order chi connectivity index (χ0) is 11.8. The lowest BCUT2D eigenvalue weighted by Crippen LogP contribution is -1.84. The van der Waals surface area contributed by atoms with Crippen LogP contribution in [0, 0.1) is 0 Å². The van der Waals surface area contributed by atoms with Gasteiger partial charge in [0.1, 0.15) is 0 Å². The molecule has 0 spiro atoms. The Kier molecular flexibility index (Phi) is 6.12. The summed E-state index contributed by atoms with van der Waals surface area (Å²) >= 11 is 0. The molecule has 0 aromatic carbocycles. The van der Waals surface area contributed by atoms with E-state index in [1.54, 1.807) is 0 Å². The van der Waals surface area contributed by atoms with Gasteiger partial charge in [0.15, 0.2) is 0 Å². The molecule has 0 bridgehead atoms. The second-order valence-corrected chi connectivity index (χ2v) is 3.51. The van der Waals surface area contributed by atoms with E-state index in [1.165, 1.54) is 0 Å². The van der Waals surface area contributed by atoms with Crippen LogP contribution >= 0.6 is 0 Å². The van der Waals surface area contributed by atoms with E-state index in [-0.39, 0.29) is 0 Å². The van der Waals surface area contributed by atoms with Crippen LogP contribution in [0.4, 0.5) is 0 Å². The molecule has 0 saturated heterocycles. The van der Waals surface area contributed by atoms with Gasteiger partial charge >= 0.3 is 0 Å². The van der Waals surface area contributed by atoms with E-state index in [9.17, 15) is 0 Å². The third kappa shape index (κ3) is 5.02. The Morgan fingerprint density at radius 2 is 1.53 bits per heavy atom. The minimum atomic E-state index is 1.01. The maximum atomic E-state index is 3.94. The second kappa shape index (κ2) is 6.83. The smallest absolute Gasteiger partial charge is 0.0227 e. The molecule has 0 heterocycles. The lowest BCUT2D eigenvalue weighted by Gasteiger charge is -2.04. The highest BCUT2D eigenvalue weighted by Gasteiger charge is 1.96. The van der Waals surface area contributed by atoms with Crippen LogP contribution in [0.1, 0.15) is 20.8 Å². The van der Waals surface area contributed by atoms with Crippen LogP contribution in [0.3, 0.4) is 0 Å². The molecule has 80 valence electrons. The third-order valence-electron chi connectivity index (χ3n) is 1.98. The summed E-state index contributed by atoms with van der Waals surface area (Å²) in [6.45, 7) is 17.6. The average Bonchev–Trinajstić information content (AvgIpc) is 2.17. The van der Waals surface area contributed by atoms with Crippen molar-refractivity contribution in [2.24, 2.45) is 0 Å². The van der Waals surface area contributed by atoms with E-state index in [1.807, 2.05) is 45.1 Å². The van der Waals surface area contributed by atoms with Gasteiger partial charge in [0.25, 0.3) is 0 Å². The fraction of sp³-hybridized carbons (Fsp3) is 0.200. The molecular weight excluding hydrogens is 180 g/mol. The first-order chi connectivity index (χ1) is 7.02. The predicted octanol–water partition coefficient (Wildman–Crippen LogP) is 4.75. The molecule has 0 amide bonds. The maximum absolute atomic E-state index is 3.94. The van der Waals surface area contributed by atoms with Gasteiger partial charge in [0, 0.05) is 0 Å². The predicted molar refractivity (Wildman–Crippen MR) is 70.8 cm³/mol. The van der Waals surface area contributed by atoms with E-state index >= 15 is 0 Å². The molecule has 0 aliphatic rings. The monoisotopic (exact) mass is 200 g/mol. The molecule has 15 heavy (non-hydrogen) atoms. The summed E-state index contributed by atoms with van der Waals surface area (Å²) in [5.41, 5.74) is 4.20. The molecule has 0 aromatic rings. The van der Waals surface area contributed by atoms with Crippen molar-refractivity contribution in [3.63, 3.8) is 0 Å². The quantitative estimate of drug-likeness (QED) is 0.562. The number of rotatable bonds is 5. The van der Waals surface area contributed by atoms with Crippen molar-refractivity contribution in [2.75, 3.05) is 0 Å². The summed E-state index contributed by atoms with van der Waals surface area (Å²) in [6.07, 6.45) is 9.89. The molecule has 0 nitrogen and oxygen atoms in total. The standard InChI is InChI=1S/C15H20/c1-7-9-10-15(13(5)6)11-14(8-2)12(3)4/h7-11H,2-3,5H2,1,4,6H3/b9-7-,14-11-,15-10-. The number of hydrogen-bond donors (Lipinski definition) is 0. The SMILES string of the molecule is C=C/C(=C/C(=C/C=C\C)C(=C)C)C(=C)C. The van der Waals surface area contributed by atoms with Gasteiger partial charge in [-0.15, -0.1) is 0 Å². The summed E-state index contributed by atoms with van der Waals surface area (Å²) in [7, 11) is 0. The van der Waals surface area contributed by atoms with Crippen LogP contribution in [0.15, 0.2) is 72.4 Å². The summed E-state index contributed by atoms with van der Waals surface area (Å²) in [6, 6.07) is 0. The maximum Gasteiger partial charge on any atom is -0.0227 e. The van der Waals surface area contributed by atoms with Gasteiger partial charge in [-0.05, 0) is 38.0 Å². The van der Waals surface area contributed by atoms with E-state index in [0.29, 0.717) is 0 Å². The van der Waals surface area contributed by atoms with E-state index < -0.39 is 0 Å². The van der Waals surface area contributed by atoms with Crippen LogP contribution in [0.25, 0.3) is 0 Å². The Labute approximate surface area is 93.7 Å². The van der Waals surface area contributed by atoms with Crippen LogP contribution in [-0.4, -0.2) is 0 Å². The van der Waals surface area contributed by atoms with E-state index in [2.05, 4.69) is 25.8 Å². The Hall–Kier alpha value is -1.56. The van der Waals surface area contributed by atoms with E-state index in [4.69, 9.17) is 0 Å². The molecule has 0 unspecified atom stereocenters. The van der Waals surface area contributed by atoms with Crippen molar-refractivity contribution in [2.45, 2.75) is 20.8 Å². The van der Waals surface area contributed by atoms with E-state index in [0.717, 1.165) is 22.3 Å². The molecule has 0 radical (unpaired) electrons. The van der Waals surface area contributed by atoms with Gasteiger partial charge in [-0.3, -0.25) is 0 Å². The minimum absolute atomic E-state index is 1.01. The van der Waals surface area contributed by atoms with Gasteiger partial charge in [0.05, 0.1) is 0 Å². The molecule has 0 saturated carbocycles. The van der Waals surface area contributed by atoms with Crippen molar-refractivity contribution in [1.29, 1.82) is 0 Å². The van der Waals surface area contributed by atoms with Gasteiger partial charge < -0.3 is 0 Å². The third-order valence-corrected chi connectivity index (χ3v) is 1.98. The molecule has 0 N–H and O–H groups in total. The van der Waals surface area contributed by atoms with Gasteiger partial charge in [0.2, 0.25) is 0 Å². The van der Waals surface area contributed by atoms with Crippen molar-refractivity contribution in [3.05, 3.63) is 72.4 Å². The molecule has 0 aliphatic heterocycles. The summed E-state index contributed by atoms with van der Waals surface area (Å²) < 4.78 is 0. The Morgan fingerprint density at radius 3 is 1.87 bits per heavy atom. The molecule has 0 aromatic heterocycles. The largest absolute Gasteiger partial charge is 0.0985 e. The first-order valence-corrected chi connectivity index (χ1v) is 5.01. The van der Waals surface area contributed by atoms with Crippen LogP contribution < -0.4 is 0 Å². The first kappa shape index (κ1) is 13.4. The highest BCUT2D eigenvalue weighted by atomic mass is 14.0. The highest BCUT2D eigenvalue weighted by molar-refractivity contribution is 5.48. The number of allylic oxidation sites excluding steroid dienone is 9. The average molecular weight is 200 g/mol. The normalized spacial score (nSPS) is 13.0. The van der Waals surface area contributed by atoms with Gasteiger partial charge in [-0.2, -0.15) is 0 Å². The molecular formula is C15H20. The van der Waals surface area contributed by atoms with Gasteiger partial charge in [-0.25, -0.2) is 0 Å². The van der Waals surface area contributed by atoms with Crippen LogP contribution in [0.5, 0.6) is 0 Å². The fourth-order valence-corrected chi connectivity index (χ4v) is 1.04. The lowest BCUT2D eigenvalue weighted by atomic mass is 10.0. The highest BCUT2D eigenvalue weighted by Crippen LogP contribution is 2.16. The molecule has 0 atom stereocenters. The van der Waals surface area contributed by atoms with Crippen molar-refractivity contribution >= 4 is 0 Å². The topological polar surface area (TPSA) is 0 Å². The lowest BCUT2D eigenvalue weighted by molar-refractivity contribution is 1.39. The fourth-order valence-electron chi connectivity index (χ4n) is 1.04. The Balaban J connectivity index is 5.20. The van der Waals surface area contributed by atoms with Crippen LogP contribution in [-0.2, 0) is 0 Å². The Bertz CT molecular complexity index is 346. The van der Waals surface area contributed by atoms with Crippen molar-refractivity contribution in [3.8, 4) is 0 Å². The molecule has 0 rings (SSSR count). The minimum Gasteiger partial charge on any atom is -0.0985 e. The molecule has 0 aliphatic carbocycles. The summed E-state index contributed by atoms with van der Waals surface area (Å²) in [5.74, 6) is 0. The van der Waals surface area contributed by atoms with Gasteiger partial charge in [-0.1, -0.05) is 55.2 Å². The molecule has 0 fully saturated rings. The zero-order valence-corrected chi connectivity index (χ0v) is 10.0. The summed E-state index contributed by atoms with van der Waals surface area (Å²) in [5, 5.41) is 0. The number of hydrogen-bond acceptors (Lipinski definition) is 0. The van der Waals surface area contributed by atoms with Crippen molar-refractivity contribution in [1.82, 2.24) is 0 Å². The van der Waals surface area contributed by atoms with Crippen LogP contribution in [0.2, 0.25) is 0 Å². The summed E-state index contributed by atoms with van der Waals surface area (Å²) in [4.78, 5) is 0. The molecule has 0 heteroatoms. The first-order valence-electron chi connectivity index (χ1n) is 5.01. The zero-order valence-electron chi connectivity index (χ0n) is 10.0. The van der Waals surface area contributed by atoms with Crippen molar-refractivity contribution < 1.29 is 0 Å². The Morgan fingerprint density at radius 1 is 1.00 bits per heavy atom.